The molecule has 0 spiro atoms. The highest BCUT2D eigenvalue weighted by molar-refractivity contribution is 6.22. The van der Waals surface area contributed by atoms with Gasteiger partial charge in [0.15, 0.2) is 0 Å². The van der Waals surface area contributed by atoms with Gasteiger partial charge in [0.1, 0.15) is 5.76 Å². The number of hydrogen-bond acceptors (Lipinski definition) is 4. The number of amides is 2. The zero-order valence-electron chi connectivity index (χ0n) is 11.7. The Kier molecular flexibility index (Phi) is 3.58. The van der Waals surface area contributed by atoms with Crippen LogP contribution in [0.4, 0.5) is 5.69 Å². The van der Waals surface area contributed by atoms with E-state index in [0.717, 1.165) is 5.76 Å². The SMILES string of the molecule is CC(NC1CC(=O)N(c2ccccc2)C1=O)c1ccco1. The summed E-state index contributed by atoms with van der Waals surface area (Å²) in [5.41, 5.74) is 0.613. The van der Waals surface area contributed by atoms with E-state index >= 15 is 0 Å². The zero-order chi connectivity index (χ0) is 14.8. The molecule has 2 atom stereocenters. The van der Waals surface area contributed by atoms with Crippen LogP contribution in [0.25, 0.3) is 0 Å². The summed E-state index contributed by atoms with van der Waals surface area (Å²) in [6.07, 6.45) is 1.75. The van der Waals surface area contributed by atoms with Crippen LogP contribution in [0.15, 0.2) is 53.1 Å². The fraction of sp³-hybridized carbons (Fsp3) is 0.250. The first-order valence-electron chi connectivity index (χ1n) is 6.88. The van der Waals surface area contributed by atoms with Crippen molar-refractivity contribution in [2.24, 2.45) is 0 Å². The second kappa shape index (κ2) is 5.54. The molecule has 1 aromatic heterocycles. The summed E-state index contributed by atoms with van der Waals surface area (Å²) in [7, 11) is 0. The Morgan fingerprint density at radius 1 is 1.19 bits per heavy atom. The van der Waals surface area contributed by atoms with Crippen molar-refractivity contribution in [1.29, 1.82) is 0 Å². The van der Waals surface area contributed by atoms with E-state index in [0.29, 0.717) is 5.69 Å². The average Bonchev–Trinajstić information content (AvgIpc) is 3.09. The molecule has 0 radical (unpaired) electrons. The minimum atomic E-state index is -0.516. The number of furan rings is 1. The molecule has 108 valence electrons. The first kappa shape index (κ1) is 13.6. The van der Waals surface area contributed by atoms with Crippen LogP contribution in [-0.2, 0) is 9.59 Å². The lowest BCUT2D eigenvalue weighted by atomic mass is 10.2. The predicted octanol–water partition coefficient (Wildman–Crippen LogP) is 2.26. The Morgan fingerprint density at radius 2 is 1.95 bits per heavy atom. The predicted molar refractivity (Wildman–Crippen MR) is 77.6 cm³/mol. The summed E-state index contributed by atoms with van der Waals surface area (Å²) >= 11 is 0. The van der Waals surface area contributed by atoms with Crippen LogP contribution in [0.2, 0.25) is 0 Å². The quantitative estimate of drug-likeness (QED) is 0.875. The first-order chi connectivity index (χ1) is 10.2. The molecule has 2 unspecified atom stereocenters. The van der Waals surface area contributed by atoms with Gasteiger partial charge in [-0.05, 0) is 31.2 Å². The minimum absolute atomic E-state index is 0.127. The molecule has 2 heterocycles. The molecule has 1 fully saturated rings. The summed E-state index contributed by atoms with van der Waals surface area (Å²) in [6, 6.07) is 12.0. The highest BCUT2D eigenvalue weighted by Gasteiger charge is 2.40. The number of carbonyl (C=O) groups excluding carboxylic acids is 2. The highest BCUT2D eigenvalue weighted by Crippen LogP contribution is 2.24. The van der Waals surface area contributed by atoms with Crippen LogP contribution in [0.3, 0.4) is 0 Å². The van der Waals surface area contributed by atoms with Gasteiger partial charge >= 0.3 is 0 Å². The molecular weight excluding hydrogens is 268 g/mol. The van der Waals surface area contributed by atoms with E-state index in [4.69, 9.17) is 4.42 Å². The summed E-state index contributed by atoms with van der Waals surface area (Å²) in [4.78, 5) is 25.8. The molecular formula is C16H16N2O3. The van der Waals surface area contributed by atoms with Gasteiger partial charge in [-0.15, -0.1) is 0 Å². The van der Waals surface area contributed by atoms with Crippen LogP contribution in [-0.4, -0.2) is 17.9 Å². The van der Waals surface area contributed by atoms with Crippen LogP contribution < -0.4 is 10.2 Å². The second-order valence-electron chi connectivity index (χ2n) is 5.06. The maximum Gasteiger partial charge on any atom is 0.251 e. The molecule has 2 aromatic rings. The van der Waals surface area contributed by atoms with E-state index in [2.05, 4.69) is 5.32 Å². The molecule has 2 amide bonds. The summed E-state index contributed by atoms with van der Waals surface area (Å²) in [5, 5.41) is 3.16. The number of nitrogens with zero attached hydrogens (tertiary/aromatic N) is 1. The van der Waals surface area contributed by atoms with Gasteiger partial charge in [0.25, 0.3) is 5.91 Å². The Hall–Kier alpha value is -2.40. The first-order valence-corrected chi connectivity index (χ1v) is 6.88. The summed E-state index contributed by atoms with van der Waals surface area (Å²) in [5.74, 6) is 0.341. The fourth-order valence-corrected chi connectivity index (χ4v) is 2.53. The molecule has 0 bridgehead atoms. The third-order valence-corrected chi connectivity index (χ3v) is 3.58. The zero-order valence-corrected chi connectivity index (χ0v) is 11.7. The van der Waals surface area contributed by atoms with Gasteiger partial charge in [-0.3, -0.25) is 14.9 Å². The topological polar surface area (TPSA) is 62.6 Å². The van der Waals surface area contributed by atoms with E-state index in [9.17, 15) is 9.59 Å². The monoisotopic (exact) mass is 284 g/mol. The number of benzene rings is 1. The summed E-state index contributed by atoms with van der Waals surface area (Å²) in [6.45, 7) is 1.90. The van der Waals surface area contributed by atoms with Gasteiger partial charge in [-0.25, -0.2) is 4.90 Å². The van der Waals surface area contributed by atoms with E-state index in [-0.39, 0.29) is 24.3 Å². The van der Waals surface area contributed by atoms with E-state index in [1.54, 1.807) is 24.5 Å². The second-order valence-corrected chi connectivity index (χ2v) is 5.06. The van der Waals surface area contributed by atoms with E-state index in [1.807, 2.05) is 31.2 Å². The van der Waals surface area contributed by atoms with Crippen molar-refractivity contribution < 1.29 is 14.0 Å². The van der Waals surface area contributed by atoms with Crippen LogP contribution in [0.5, 0.6) is 0 Å². The molecule has 1 aromatic carbocycles. The van der Waals surface area contributed by atoms with Crippen molar-refractivity contribution in [3.05, 3.63) is 54.5 Å². The Bertz CT molecular complexity index is 637. The third-order valence-electron chi connectivity index (χ3n) is 3.58. The molecule has 1 saturated heterocycles. The molecule has 1 N–H and O–H groups in total. The fourth-order valence-electron chi connectivity index (χ4n) is 2.53. The number of imide groups is 1. The van der Waals surface area contributed by atoms with Gasteiger partial charge in [-0.1, -0.05) is 18.2 Å². The standard InChI is InChI=1S/C16H16N2O3/c1-11(14-8-5-9-21-14)17-13-10-15(19)18(16(13)20)12-6-3-2-4-7-12/h2-9,11,13,17H,10H2,1H3. The van der Waals surface area contributed by atoms with Gasteiger partial charge in [-0.2, -0.15) is 0 Å². The maximum atomic E-state index is 12.4. The van der Waals surface area contributed by atoms with Gasteiger partial charge in [0.05, 0.1) is 30.5 Å². The number of anilines is 1. The number of rotatable bonds is 4. The van der Waals surface area contributed by atoms with Crippen molar-refractivity contribution >= 4 is 17.5 Å². The third kappa shape index (κ3) is 2.60. The molecule has 0 aliphatic carbocycles. The smallest absolute Gasteiger partial charge is 0.251 e. The van der Waals surface area contributed by atoms with Crippen molar-refractivity contribution in [3.8, 4) is 0 Å². The van der Waals surface area contributed by atoms with Crippen LogP contribution in [0, 0.1) is 0 Å². The number of carbonyl (C=O) groups is 2. The van der Waals surface area contributed by atoms with Gasteiger partial charge in [0.2, 0.25) is 5.91 Å². The van der Waals surface area contributed by atoms with Crippen molar-refractivity contribution in [2.45, 2.75) is 25.4 Å². The Morgan fingerprint density at radius 3 is 2.62 bits per heavy atom. The van der Waals surface area contributed by atoms with Crippen LogP contribution in [0.1, 0.15) is 25.1 Å². The number of hydrogen-bond donors (Lipinski definition) is 1. The number of nitrogens with one attached hydrogen (secondary N) is 1. The normalized spacial score (nSPS) is 20.0. The lowest BCUT2D eigenvalue weighted by Gasteiger charge is -2.17. The van der Waals surface area contributed by atoms with Crippen molar-refractivity contribution in [1.82, 2.24) is 5.32 Å². The van der Waals surface area contributed by atoms with Crippen molar-refractivity contribution in [2.75, 3.05) is 4.90 Å². The molecule has 1 aliphatic rings. The Labute approximate surface area is 122 Å². The largest absolute Gasteiger partial charge is 0.468 e. The van der Waals surface area contributed by atoms with Crippen LogP contribution >= 0.6 is 0 Å². The molecule has 21 heavy (non-hydrogen) atoms. The lowest BCUT2D eigenvalue weighted by Crippen LogP contribution is -2.39. The van der Waals surface area contributed by atoms with Gasteiger partial charge in [0, 0.05) is 0 Å². The maximum absolute atomic E-state index is 12.4. The summed E-state index contributed by atoms with van der Waals surface area (Å²) < 4.78 is 5.31. The molecule has 1 aliphatic heterocycles. The lowest BCUT2D eigenvalue weighted by molar-refractivity contribution is -0.121. The highest BCUT2D eigenvalue weighted by atomic mass is 16.3. The van der Waals surface area contributed by atoms with Crippen molar-refractivity contribution in [3.63, 3.8) is 0 Å². The molecule has 5 nitrogen and oxygen atoms in total. The van der Waals surface area contributed by atoms with E-state index < -0.39 is 6.04 Å². The van der Waals surface area contributed by atoms with Gasteiger partial charge < -0.3 is 4.42 Å². The number of para-hydroxylation sites is 1. The minimum Gasteiger partial charge on any atom is -0.468 e. The van der Waals surface area contributed by atoms with E-state index in [1.165, 1.54) is 4.90 Å². The molecule has 3 rings (SSSR count). The average molecular weight is 284 g/mol. The molecule has 5 heteroatoms. The Balaban J connectivity index is 1.75. The molecule has 0 saturated carbocycles.